The summed E-state index contributed by atoms with van der Waals surface area (Å²) >= 11 is 7.15. The lowest BCUT2D eigenvalue weighted by Gasteiger charge is -2.04. The van der Waals surface area contributed by atoms with Crippen molar-refractivity contribution < 1.29 is 12.8 Å². The van der Waals surface area contributed by atoms with Crippen molar-refractivity contribution in [3.63, 3.8) is 0 Å². The number of nitrogens with one attached hydrogen (secondary N) is 2. The number of thiazole rings is 1. The number of nitrogens with zero attached hydrogens (tertiary/aromatic N) is 1. The van der Waals surface area contributed by atoms with Gasteiger partial charge < -0.3 is 5.32 Å². The summed E-state index contributed by atoms with van der Waals surface area (Å²) in [6.45, 7) is 0. The van der Waals surface area contributed by atoms with Gasteiger partial charge in [0.1, 0.15) is 5.82 Å². The minimum atomic E-state index is -3.30. The van der Waals surface area contributed by atoms with Crippen LogP contribution in [0, 0.1) is 5.82 Å². The van der Waals surface area contributed by atoms with E-state index < -0.39 is 15.8 Å². The smallest absolute Gasteiger partial charge is 0.229 e. The molecule has 2 aromatic carbocycles. The van der Waals surface area contributed by atoms with Gasteiger partial charge in [-0.05, 0) is 30.3 Å². The second-order valence-corrected chi connectivity index (χ2v) is 8.26. The molecule has 0 aliphatic heterocycles. The summed E-state index contributed by atoms with van der Waals surface area (Å²) in [7, 11) is -3.30. The molecule has 0 radical (unpaired) electrons. The Morgan fingerprint density at radius 3 is 2.44 bits per heavy atom. The fourth-order valence-corrected chi connectivity index (χ4v) is 3.57. The average Bonchev–Trinajstić information content (AvgIpc) is 2.99. The monoisotopic (exact) mass is 397 g/mol. The maximum atomic E-state index is 13.2. The van der Waals surface area contributed by atoms with E-state index in [1.54, 1.807) is 30.3 Å². The van der Waals surface area contributed by atoms with Crippen LogP contribution in [0.25, 0.3) is 11.3 Å². The van der Waals surface area contributed by atoms with Crippen molar-refractivity contribution in [3.05, 3.63) is 58.7 Å². The molecular formula is C16H13ClFN3O2S2. The Morgan fingerprint density at radius 1 is 1.12 bits per heavy atom. The Kier molecular flexibility index (Phi) is 4.94. The number of hydrogen-bond acceptors (Lipinski definition) is 5. The van der Waals surface area contributed by atoms with Gasteiger partial charge in [-0.2, -0.15) is 0 Å². The second kappa shape index (κ2) is 6.99. The van der Waals surface area contributed by atoms with Crippen LogP contribution in [0.3, 0.4) is 0 Å². The molecule has 25 heavy (non-hydrogen) atoms. The quantitative estimate of drug-likeness (QED) is 0.653. The van der Waals surface area contributed by atoms with Crippen LogP contribution in [0.4, 0.5) is 20.9 Å². The molecule has 2 N–H and O–H groups in total. The van der Waals surface area contributed by atoms with Gasteiger partial charge in [0, 0.05) is 22.3 Å². The zero-order chi connectivity index (χ0) is 18.0. The Morgan fingerprint density at radius 2 is 1.80 bits per heavy atom. The summed E-state index contributed by atoms with van der Waals surface area (Å²) in [4.78, 5) is 4.46. The van der Waals surface area contributed by atoms with Crippen LogP contribution in [0.2, 0.25) is 5.02 Å². The first-order valence-electron chi connectivity index (χ1n) is 7.06. The van der Waals surface area contributed by atoms with Crippen LogP contribution in [-0.2, 0) is 10.0 Å². The lowest BCUT2D eigenvalue weighted by atomic mass is 10.1. The molecule has 0 aliphatic rings. The van der Waals surface area contributed by atoms with Gasteiger partial charge in [-0.1, -0.05) is 23.7 Å². The Labute approximate surface area is 153 Å². The summed E-state index contributed by atoms with van der Waals surface area (Å²) in [6.07, 6.45) is 1.10. The maximum Gasteiger partial charge on any atom is 0.229 e. The number of anilines is 3. The van der Waals surface area contributed by atoms with E-state index in [1.807, 2.05) is 5.38 Å². The molecule has 3 aromatic rings. The average molecular weight is 398 g/mol. The van der Waals surface area contributed by atoms with Crippen LogP contribution in [0.1, 0.15) is 0 Å². The Balaban J connectivity index is 1.75. The SMILES string of the molecule is CS(=O)(=O)Nc1ccc(-c2csc(Nc3ccc(F)c(Cl)c3)n2)cc1. The maximum absolute atomic E-state index is 13.2. The first-order chi connectivity index (χ1) is 11.8. The van der Waals surface area contributed by atoms with Crippen LogP contribution in [-0.4, -0.2) is 19.7 Å². The van der Waals surface area contributed by atoms with Crippen molar-refractivity contribution in [2.24, 2.45) is 0 Å². The van der Waals surface area contributed by atoms with Crippen molar-refractivity contribution in [1.82, 2.24) is 4.98 Å². The molecule has 0 saturated carbocycles. The van der Waals surface area contributed by atoms with Gasteiger partial charge in [0.2, 0.25) is 10.0 Å². The second-order valence-electron chi connectivity index (χ2n) is 5.24. The lowest BCUT2D eigenvalue weighted by Crippen LogP contribution is -2.09. The summed E-state index contributed by atoms with van der Waals surface area (Å²) in [5, 5.41) is 5.61. The first-order valence-corrected chi connectivity index (χ1v) is 10.2. The molecule has 9 heteroatoms. The zero-order valence-corrected chi connectivity index (χ0v) is 15.3. The van der Waals surface area contributed by atoms with Crippen molar-refractivity contribution in [2.75, 3.05) is 16.3 Å². The minimum Gasteiger partial charge on any atom is -0.331 e. The number of benzene rings is 2. The Hall–Kier alpha value is -2.16. The fourth-order valence-electron chi connectivity index (χ4n) is 2.08. The number of aromatic nitrogens is 1. The van der Waals surface area contributed by atoms with Crippen LogP contribution in [0.15, 0.2) is 47.8 Å². The highest BCUT2D eigenvalue weighted by atomic mass is 35.5. The molecule has 3 rings (SSSR count). The van der Waals surface area contributed by atoms with Crippen molar-refractivity contribution in [3.8, 4) is 11.3 Å². The van der Waals surface area contributed by atoms with E-state index in [2.05, 4.69) is 15.0 Å². The van der Waals surface area contributed by atoms with E-state index in [1.165, 1.54) is 23.5 Å². The predicted octanol–water partition coefficient (Wildman–Crippen LogP) is 4.72. The molecular weight excluding hydrogens is 385 g/mol. The van der Waals surface area contributed by atoms with E-state index in [4.69, 9.17) is 11.6 Å². The van der Waals surface area contributed by atoms with Crippen LogP contribution in [0.5, 0.6) is 0 Å². The summed E-state index contributed by atoms with van der Waals surface area (Å²) < 4.78 is 38.0. The highest BCUT2D eigenvalue weighted by Crippen LogP contribution is 2.29. The standard InChI is InChI=1S/C16H13ClFN3O2S2/c1-25(22,23)21-11-4-2-10(3-5-11)15-9-24-16(20-15)19-12-6-7-14(18)13(17)8-12/h2-9,21H,1H3,(H,19,20). The van der Waals surface area contributed by atoms with Gasteiger partial charge in [0.25, 0.3) is 0 Å². The lowest BCUT2D eigenvalue weighted by molar-refractivity contribution is 0.607. The largest absolute Gasteiger partial charge is 0.331 e. The summed E-state index contributed by atoms with van der Waals surface area (Å²) in [6, 6.07) is 11.2. The molecule has 1 aromatic heterocycles. The topological polar surface area (TPSA) is 71.1 Å². The molecule has 0 bridgehead atoms. The number of sulfonamides is 1. The molecule has 0 atom stereocenters. The Bertz CT molecular complexity index is 1000. The van der Waals surface area contributed by atoms with E-state index in [0.717, 1.165) is 17.5 Å². The normalized spacial score (nSPS) is 11.3. The highest BCUT2D eigenvalue weighted by Gasteiger charge is 2.08. The van der Waals surface area contributed by atoms with Crippen LogP contribution < -0.4 is 10.0 Å². The third kappa shape index (κ3) is 4.68. The summed E-state index contributed by atoms with van der Waals surface area (Å²) in [5.74, 6) is -0.477. The molecule has 0 aliphatic carbocycles. The minimum absolute atomic E-state index is 0.0377. The van der Waals surface area contributed by atoms with E-state index in [0.29, 0.717) is 16.5 Å². The van der Waals surface area contributed by atoms with Crippen LogP contribution >= 0.6 is 22.9 Å². The van der Waals surface area contributed by atoms with Crippen molar-refractivity contribution in [1.29, 1.82) is 0 Å². The molecule has 0 fully saturated rings. The van der Waals surface area contributed by atoms with E-state index in [-0.39, 0.29) is 5.02 Å². The molecule has 130 valence electrons. The highest BCUT2D eigenvalue weighted by molar-refractivity contribution is 7.92. The molecule has 1 heterocycles. The number of halogens is 2. The van der Waals surface area contributed by atoms with Crippen molar-refractivity contribution in [2.45, 2.75) is 0 Å². The van der Waals surface area contributed by atoms with Gasteiger partial charge in [0.15, 0.2) is 5.13 Å². The fraction of sp³-hybridized carbons (Fsp3) is 0.0625. The van der Waals surface area contributed by atoms with E-state index >= 15 is 0 Å². The van der Waals surface area contributed by atoms with Gasteiger partial charge in [0.05, 0.1) is 17.0 Å². The van der Waals surface area contributed by atoms with Gasteiger partial charge in [-0.3, -0.25) is 4.72 Å². The van der Waals surface area contributed by atoms with Crippen molar-refractivity contribution >= 4 is 49.5 Å². The van der Waals surface area contributed by atoms with Gasteiger partial charge in [-0.15, -0.1) is 11.3 Å². The number of hydrogen-bond donors (Lipinski definition) is 2. The van der Waals surface area contributed by atoms with Gasteiger partial charge in [-0.25, -0.2) is 17.8 Å². The third-order valence-electron chi connectivity index (χ3n) is 3.16. The molecule has 0 unspecified atom stereocenters. The molecule has 0 saturated heterocycles. The molecule has 0 amide bonds. The van der Waals surface area contributed by atoms with Gasteiger partial charge >= 0.3 is 0 Å². The molecule has 5 nitrogen and oxygen atoms in total. The van der Waals surface area contributed by atoms with E-state index in [9.17, 15) is 12.8 Å². The zero-order valence-electron chi connectivity index (χ0n) is 13.0. The predicted molar refractivity (Wildman–Crippen MR) is 101 cm³/mol. The molecule has 0 spiro atoms. The summed E-state index contributed by atoms with van der Waals surface area (Å²) in [5.41, 5.74) is 2.72. The first kappa shape index (κ1) is 17.7. The third-order valence-corrected chi connectivity index (χ3v) is 4.81. The number of rotatable bonds is 5.